The van der Waals surface area contributed by atoms with Crippen LogP contribution in [0.15, 0.2) is 59.8 Å². The lowest BCUT2D eigenvalue weighted by Crippen LogP contribution is -2.45. The van der Waals surface area contributed by atoms with Crippen molar-refractivity contribution in [1.29, 1.82) is 0 Å². The highest BCUT2D eigenvalue weighted by atomic mass is 35.5. The third-order valence-electron chi connectivity index (χ3n) is 4.51. The molecular weight excluding hydrogens is 392 g/mol. The van der Waals surface area contributed by atoms with Gasteiger partial charge in [-0.15, -0.1) is 0 Å². The van der Waals surface area contributed by atoms with Gasteiger partial charge in [0, 0.05) is 10.7 Å². The Bertz CT molecular complexity index is 925. The van der Waals surface area contributed by atoms with Gasteiger partial charge in [0.05, 0.1) is 18.2 Å². The van der Waals surface area contributed by atoms with Crippen LogP contribution < -0.4 is 15.4 Å². The Kier molecular flexibility index (Phi) is 6.77. The summed E-state index contributed by atoms with van der Waals surface area (Å²) in [5.41, 5.74) is 2.72. The van der Waals surface area contributed by atoms with Crippen LogP contribution in [0.3, 0.4) is 0 Å². The molecule has 7 heteroatoms. The Labute approximate surface area is 174 Å². The number of amides is 2. The Morgan fingerprint density at radius 3 is 2.55 bits per heavy atom. The minimum Gasteiger partial charge on any atom is -0.489 e. The van der Waals surface area contributed by atoms with Gasteiger partial charge in [0.15, 0.2) is 0 Å². The first-order chi connectivity index (χ1) is 14.0. The van der Waals surface area contributed by atoms with Crippen LogP contribution in [0.25, 0.3) is 0 Å². The topological polar surface area (TPSA) is 76.7 Å². The maximum absolute atomic E-state index is 12.5. The number of esters is 1. The molecule has 0 bridgehead atoms. The third-order valence-corrected chi connectivity index (χ3v) is 4.75. The fourth-order valence-electron chi connectivity index (χ4n) is 3.15. The number of nitrogens with one attached hydrogen (secondary N) is 2. The van der Waals surface area contributed by atoms with Gasteiger partial charge in [-0.05, 0) is 48.7 Å². The fraction of sp³-hybridized carbons (Fsp3) is 0.273. The summed E-state index contributed by atoms with van der Waals surface area (Å²) in [4.78, 5) is 24.6. The summed E-state index contributed by atoms with van der Waals surface area (Å²) in [6, 6.07) is 13.8. The lowest BCUT2D eigenvalue weighted by atomic mass is 9.94. The summed E-state index contributed by atoms with van der Waals surface area (Å²) in [5.74, 6) is 0.231. The van der Waals surface area contributed by atoms with Gasteiger partial charge in [-0.3, -0.25) is 0 Å². The van der Waals surface area contributed by atoms with Crippen LogP contribution in [-0.2, 0) is 16.1 Å². The number of carbonyl (C=O) groups excluding carboxylic acids is 2. The lowest BCUT2D eigenvalue weighted by molar-refractivity contribution is -0.139. The zero-order chi connectivity index (χ0) is 20.8. The van der Waals surface area contributed by atoms with Gasteiger partial charge in [-0.25, -0.2) is 9.59 Å². The summed E-state index contributed by atoms with van der Waals surface area (Å²) in [6.07, 6.45) is 0.513. The highest BCUT2D eigenvalue weighted by Gasteiger charge is 2.32. The first-order valence-corrected chi connectivity index (χ1v) is 9.84. The van der Waals surface area contributed by atoms with E-state index in [1.54, 1.807) is 6.92 Å². The second kappa shape index (κ2) is 9.47. The molecule has 0 aliphatic carbocycles. The van der Waals surface area contributed by atoms with Crippen molar-refractivity contribution in [2.45, 2.75) is 32.9 Å². The quantitative estimate of drug-likeness (QED) is 0.654. The van der Waals surface area contributed by atoms with E-state index in [9.17, 15) is 9.59 Å². The van der Waals surface area contributed by atoms with Gasteiger partial charge in [0.25, 0.3) is 0 Å². The van der Waals surface area contributed by atoms with E-state index in [2.05, 4.69) is 10.6 Å². The van der Waals surface area contributed by atoms with E-state index < -0.39 is 12.0 Å². The van der Waals surface area contributed by atoms with Crippen molar-refractivity contribution in [1.82, 2.24) is 10.6 Å². The smallest absolute Gasteiger partial charge is 0.338 e. The minimum absolute atomic E-state index is 0.260. The molecule has 29 heavy (non-hydrogen) atoms. The molecule has 0 radical (unpaired) electrons. The van der Waals surface area contributed by atoms with Crippen LogP contribution in [-0.4, -0.2) is 18.6 Å². The van der Waals surface area contributed by atoms with E-state index in [1.165, 1.54) is 0 Å². The molecular formula is C22H23ClN2O4. The number of allylic oxidation sites excluding steroid dienone is 1. The number of ether oxygens (including phenoxy) is 2. The highest BCUT2D eigenvalue weighted by Crippen LogP contribution is 2.30. The predicted molar refractivity (Wildman–Crippen MR) is 111 cm³/mol. The molecule has 1 heterocycles. The standard InChI is InChI=1S/C22H23ClN2O4/c1-3-18-19(21(26)28-4-2)20(25-22(27)24-18)15-8-10-17(11-9-15)29-13-14-6-5-7-16(23)12-14/h5-12,20H,3-4,13H2,1-2H3,(H2,24,25,27). The summed E-state index contributed by atoms with van der Waals surface area (Å²) in [6.45, 7) is 4.28. The maximum atomic E-state index is 12.5. The average Bonchev–Trinajstić information content (AvgIpc) is 2.72. The Balaban J connectivity index is 1.79. The number of halogens is 1. The second-order valence-corrected chi connectivity index (χ2v) is 6.92. The summed E-state index contributed by atoms with van der Waals surface area (Å²) >= 11 is 5.99. The average molecular weight is 415 g/mol. The normalized spacial score (nSPS) is 16.1. The molecule has 2 N–H and O–H groups in total. The number of rotatable bonds is 7. The molecule has 2 amide bonds. The number of urea groups is 1. The molecule has 152 valence electrons. The van der Waals surface area contributed by atoms with Crippen LogP contribution in [0.5, 0.6) is 5.75 Å². The molecule has 1 aliphatic rings. The zero-order valence-electron chi connectivity index (χ0n) is 16.3. The first kappa shape index (κ1) is 20.7. The van der Waals surface area contributed by atoms with Crippen molar-refractivity contribution >= 4 is 23.6 Å². The van der Waals surface area contributed by atoms with Gasteiger partial charge < -0.3 is 20.1 Å². The molecule has 1 unspecified atom stereocenters. The molecule has 1 aliphatic heterocycles. The molecule has 0 saturated carbocycles. The molecule has 0 spiro atoms. The van der Waals surface area contributed by atoms with Crippen LogP contribution in [0, 0.1) is 0 Å². The van der Waals surface area contributed by atoms with Crippen LogP contribution >= 0.6 is 11.6 Å². The molecule has 1 atom stereocenters. The van der Waals surface area contributed by atoms with Crippen molar-refractivity contribution in [3.63, 3.8) is 0 Å². The minimum atomic E-state index is -0.584. The molecule has 3 rings (SSSR count). The van der Waals surface area contributed by atoms with Gasteiger partial charge in [-0.1, -0.05) is 42.8 Å². The van der Waals surface area contributed by atoms with E-state index in [0.717, 1.165) is 11.1 Å². The summed E-state index contributed by atoms with van der Waals surface area (Å²) in [7, 11) is 0. The zero-order valence-corrected chi connectivity index (χ0v) is 17.1. The largest absolute Gasteiger partial charge is 0.489 e. The molecule has 6 nitrogen and oxygen atoms in total. The Hall–Kier alpha value is -2.99. The van der Waals surface area contributed by atoms with E-state index in [-0.39, 0.29) is 12.6 Å². The summed E-state index contributed by atoms with van der Waals surface area (Å²) in [5, 5.41) is 6.17. The molecule has 0 fully saturated rings. The molecule has 2 aromatic rings. The molecule has 0 saturated heterocycles. The van der Waals surface area contributed by atoms with Gasteiger partial charge in [0.1, 0.15) is 12.4 Å². The number of hydrogen-bond acceptors (Lipinski definition) is 4. The first-order valence-electron chi connectivity index (χ1n) is 9.46. The predicted octanol–water partition coefficient (Wildman–Crippen LogP) is 4.50. The second-order valence-electron chi connectivity index (χ2n) is 6.49. The Morgan fingerprint density at radius 2 is 1.90 bits per heavy atom. The maximum Gasteiger partial charge on any atom is 0.338 e. The van der Waals surface area contributed by atoms with Crippen LogP contribution in [0.2, 0.25) is 5.02 Å². The van der Waals surface area contributed by atoms with Crippen molar-refractivity contribution in [2.24, 2.45) is 0 Å². The fourth-order valence-corrected chi connectivity index (χ4v) is 3.36. The lowest BCUT2D eigenvalue weighted by Gasteiger charge is -2.29. The monoisotopic (exact) mass is 414 g/mol. The van der Waals surface area contributed by atoms with Gasteiger partial charge in [0.2, 0.25) is 0 Å². The highest BCUT2D eigenvalue weighted by molar-refractivity contribution is 6.30. The van der Waals surface area contributed by atoms with Crippen molar-refractivity contribution in [2.75, 3.05) is 6.61 Å². The van der Waals surface area contributed by atoms with Crippen LogP contribution in [0.4, 0.5) is 4.79 Å². The number of benzene rings is 2. The number of hydrogen-bond donors (Lipinski definition) is 2. The summed E-state index contributed by atoms with van der Waals surface area (Å²) < 4.78 is 11.0. The van der Waals surface area contributed by atoms with E-state index in [0.29, 0.717) is 35.1 Å². The third kappa shape index (κ3) is 5.09. The Morgan fingerprint density at radius 1 is 1.14 bits per heavy atom. The van der Waals surface area contributed by atoms with Crippen LogP contribution in [0.1, 0.15) is 37.4 Å². The van der Waals surface area contributed by atoms with E-state index >= 15 is 0 Å². The van der Waals surface area contributed by atoms with Crippen molar-refractivity contribution in [3.05, 3.63) is 76.0 Å². The number of carbonyl (C=O) groups is 2. The van der Waals surface area contributed by atoms with Gasteiger partial charge >= 0.3 is 12.0 Å². The SMILES string of the molecule is CCOC(=O)C1=C(CC)NC(=O)NC1c1ccc(OCc2cccc(Cl)c2)cc1. The van der Waals surface area contributed by atoms with E-state index in [4.69, 9.17) is 21.1 Å². The molecule has 0 aromatic heterocycles. The van der Waals surface area contributed by atoms with Crippen molar-refractivity contribution < 1.29 is 19.1 Å². The van der Waals surface area contributed by atoms with E-state index in [1.807, 2.05) is 55.5 Å². The molecule has 2 aromatic carbocycles. The van der Waals surface area contributed by atoms with Gasteiger partial charge in [-0.2, -0.15) is 0 Å². The van der Waals surface area contributed by atoms with Crippen molar-refractivity contribution in [3.8, 4) is 5.75 Å².